The Morgan fingerprint density at radius 3 is 2.87 bits per heavy atom. The lowest BCUT2D eigenvalue weighted by molar-refractivity contribution is 0.0292. The molecule has 1 amide bonds. The fourth-order valence-corrected chi connectivity index (χ4v) is 3.78. The van der Waals surface area contributed by atoms with Gasteiger partial charge in [-0.2, -0.15) is 10.2 Å². The Hall–Kier alpha value is -3.20. The van der Waals surface area contributed by atoms with Crippen molar-refractivity contribution in [2.24, 2.45) is 0 Å². The third kappa shape index (κ3) is 4.35. The van der Waals surface area contributed by atoms with Gasteiger partial charge in [0, 0.05) is 36.9 Å². The molecule has 0 saturated heterocycles. The molecule has 8 nitrogen and oxygen atoms in total. The fourth-order valence-electron chi connectivity index (χ4n) is 2.93. The second kappa shape index (κ2) is 7.91. The minimum atomic E-state index is -0.506. The normalized spacial score (nSPS) is 11.7. The van der Waals surface area contributed by atoms with Gasteiger partial charge in [-0.15, -0.1) is 11.3 Å². The van der Waals surface area contributed by atoms with E-state index in [1.807, 2.05) is 72.1 Å². The number of thiazole rings is 1. The lowest BCUT2D eigenvalue weighted by atomic mass is 10.2. The molecule has 0 unspecified atom stereocenters. The van der Waals surface area contributed by atoms with E-state index in [2.05, 4.69) is 10.2 Å². The molecule has 4 aromatic rings. The van der Waals surface area contributed by atoms with Crippen LogP contribution < -0.4 is 0 Å². The lowest BCUT2D eigenvalue weighted by Crippen LogP contribution is -2.35. The number of carbonyl (C=O) groups is 1. The van der Waals surface area contributed by atoms with Gasteiger partial charge < -0.3 is 9.64 Å². The average Bonchev–Trinajstić information content (AvgIpc) is 3.42. The molecule has 0 fully saturated rings. The van der Waals surface area contributed by atoms with E-state index < -0.39 is 5.60 Å². The molecule has 0 aliphatic carbocycles. The van der Waals surface area contributed by atoms with Crippen LogP contribution in [-0.2, 0) is 11.3 Å². The fraction of sp³-hybridized carbons (Fsp3) is 0.333. The molecule has 0 spiro atoms. The molecule has 0 atom stereocenters. The summed E-state index contributed by atoms with van der Waals surface area (Å²) in [4.78, 5) is 18.4. The molecule has 0 N–H and O–H groups in total. The number of hydrogen-bond acceptors (Lipinski definition) is 6. The predicted molar refractivity (Wildman–Crippen MR) is 116 cm³/mol. The first-order valence-electron chi connectivity index (χ1n) is 9.65. The quantitative estimate of drug-likeness (QED) is 0.480. The van der Waals surface area contributed by atoms with Crippen LogP contribution in [0.1, 0.15) is 20.8 Å². The van der Waals surface area contributed by atoms with Crippen LogP contribution in [0.25, 0.3) is 27.3 Å². The average molecular weight is 425 g/mol. The Balaban J connectivity index is 1.43. The van der Waals surface area contributed by atoms with E-state index in [1.54, 1.807) is 29.5 Å². The summed E-state index contributed by atoms with van der Waals surface area (Å²) in [5.41, 5.74) is 3.34. The van der Waals surface area contributed by atoms with Crippen LogP contribution in [0.2, 0.25) is 0 Å². The van der Waals surface area contributed by atoms with Crippen molar-refractivity contribution in [2.75, 3.05) is 13.6 Å². The number of hydrogen-bond donors (Lipinski definition) is 0. The van der Waals surface area contributed by atoms with Gasteiger partial charge in [-0.05, 0) is 32.9 Å². The zero-order valence-electron chi connectivity index (χ0n) is 17.4. The lowest BCUT2D eigenvalue weighted by Gasteiger charge is -2.24. The first-order chi connectivity index (χ1) is 14.3. The third-order valence-corrected chi connectivity index (χ3v) is 5.34. The van der Waals surface area contributed by atoms with E-state index in [9.17, 15) is 4.79 Å². The van der Waals surface area contributed by atoms with E-state index in [-0.39, 0.29) is 6.09 Å². The Morgan fingerprint density at radius 2 is 2.07 bits per heavy atom. The number of rotatable bonds is 5. The topological polar surface area (TPSA) is 77.5 Å². The van der Waals surface area contributed by atoms with E-state index in [0.29, 0.717) is 13.1 Å². The molecule has 30 heavy (non-hydrogen) atoms. The number of carbonyl (C=O) groups excluding carboxylic acids is 1. The first-order valence-corrected chi connectivity index (χ1v) is 10.5. The Morgan fingerprint density at radius 1 is 1.23 bits per heavy atom. The minimum Gasteiger partial charge on any atom is -0.444 e. The van der Waals surface area contributed by atoms with Gasteiger partial charge in [0.25, 0.3) is 0 Å². The summed E-state index contributed by atoms with van der Waals surface area (Å²) in [5, 5.41) is 11.7. The van der Waals surface area contributed by atoms with E-state index in [1.165, 1.54) is 0 Å². The molecular weight excluding hydrogens is 400 g/mol. The molecule has 0 bridgehead atoms. The van der Waals surface area contributed by atoms with Crippen LogP contribution in [-0.4, -0.2) is 54.6 Å². The molecule has 156 valence electrons. The molecule has 0 aromatic carbocycles. The van der Waals surface area contributed by atoms with Gasteiger partial charge >= 0.3 is 6.09 Å². The van der Waals surface area contributed by atoms with Crippen molar-refractivity contribution in [3.8, 4) is 21.8 Å². The van der Waals surface area contributed by atoms with E-state index in [4.69, 9.17) is 9.72 Å². The number of amides is 1. The van der Waals surface area contributed by atoms with Crippen LogP contribution in [0.5, 0.6) is 0 Å². The number of ether oxygens (including phenoxy) is 1. The summed E-state index contributed by atoms with van der Waals surface area (Å²) in [6.07, 6.45) is 7.16. The van der Waals surface area contributed by atoms with Crippen molar-refractivity contribution in [3.63, 3.8) is 0 Å². The van der Waals surface area contributed by atoms with Crippen molar-refractivity contribution >= 4 is 22.9 Å². The molecule has 0 aliphatic rings. The number of aromatic nitrogens is 5. The van der Waals surface area contributed by atoms with Gasteiger partial charge in [-0.1, -0.05) is 6.07 Å². The monoisotopic (exact) mass is 424 g/mol. The molecule has 0 radical (unpaired) electrons. The largest absolute Gasteiger partial charge is 0.444 e. The first kappa shape index (κ1) is 20.1. The zero-order chi connectivity index (χ0) is 21.3. The highest BCUT2D eigenvalue weighted by Gasteiger charge is 2.19. The standard InChI is InChI=1S/C21H24N6O2S/c1-21(2,3)29-20(28)25(4)9-10-26-13-15(11-22-26)17-14-30-19(24-17)16-12-23-27-8-6-5-7-18(16)27/h5-8,11-14H,9-10H2,1-4H3. The Labute approximate surface area is 178 Å². The highest BCUT2D eigenvalue weighted by molar-refractivity contribution is 7.13. The SMILES string of the molecule is CN(CCn1cc(-c2csc(-c3cnn4ccccc34)n2)cn1)C(=O)OC(C)(C)C. The summed E-state index contributed by atoms with van der Waals surface area (Å²) in [5.74, 6) is 0. The van der Waals surface area contributed by atoms with Gasteiger partial charge in [-0.25, -0.2) is 14.3 Å². The summed E-state index contributed by atoms with van der Waals surface area (Å²) >= 11 is 1.58. The van der Waals surface area contributed by atoms with E-state index in [0.717, 1.165) is 27.3 Å². The number of nitrogens with zero attached hydrogens (tertiary/aromatic N) is 6. The van der Waals surface area contributed by atoms with Gasteiger partial charge in [-0.3, -0.25) is 4.68 Å². The van der Waals surface area contributed by atoms with Crippen molar-refractivity contribution in [1.82, 2.24) is 29.3 Å². The summed E-state index contributed by atoms with van der Waals surface area (Å²) < 4.78 is 9.03. The summed E-state index contributed by atoms with van der Waals surface area (Å²) in [6.45, 7) is 6.64. The van der Waals surface area contributed by atoms with Crippen molar-refractivity contribution in [1.29, 1.82) is 0 Å². The summed E-state index contributed by atoms with van der Waals surface area (Å²) in [6, 6.07) is 5.97. The van der Waals surface area contributed by atoms with Gasteiger partial charge in [0.15, 0.2) is 0 Å². The highest BCUT2D eigenvalue weighted by atomic mass is 32.1. The van der Waals surface area contributed by atoms with Crippen LogP contribution in [0.15, 0.2) is 48.4 Å². The molecule has 4 rings (SSSR count). The van der Waals surface area contributed by atoms with Gasteiger partial charge in [0.2, 0.25) is 0 Å². The van der Waals surface area contributed by atoms with Crippen molar-refractivity contribution < 1.29 is 9.53 Å². The van der Waals surface area contributed by atoms with Crippen molar-refractivity contribution in [3.05, 3.63) is 48.4 Å². The van der Waals surface area contributed by atoms with Crippen molar-refractivity contribution in [2.45, 2.75) is 32.9 Å². The number of likely N-dealkylation sites (N-methyl/N-ethyl adjacent to an activating group) is 1. The van der Waals surface area contributed by atoms with Crippen LogP contribution in [0.4, 0.5) is 4.79 Å². The predicted octanol–water partition coefficient (Wildman–Crippen LogP) is 4.19. The maximum Gasteiger partial charge on any atom is 0.410 e. The number of pyridine rings is 1. The smallest absolute Gasteiger partial charge is 0.410 e. The van der Waals surface area contributed by atoms with Crippen LogP contribution in [0, 0.1) is 0 Å². The molecule has 0 saturated carbocycles. The Bertz CT molecular complexity index is 1170. The zero-order valence-corrected chi connectivity index (χ0v) is 18.3. The van der Waals surface area contributed by atoms with Crippen LogP contribution in [0.3, 0.4) is 0 Å². The molecule has 4 heterocycles. The van der Waals surface area contributed by atoms with Gasteiger partial charge in [0.1, 0.15) is 10.6 Å². The maximum absolute atomic E-state index is 12.1. The molecule has 4 aromatic heterocycles. The van der Waals surface area contributed by atoms with E-state index >= 15 is 0 Å². The highest BCUT2D eigenvalue weighted by Crippen LogP contribution is 2.31. The van der Waals surface area contributed by atoms with Crippen LogP contribution >= 0.6 is 11.3 Å². The molecule has 9 heteroatoms. The second-order valence-electron chi connectivity index (χ2n) is 8.02. The molecular formula is C21H24N6O2S. The molecule has 0 aliphatic heterocycles. The minimum absolute atomic E-state index is 0.340. The second-order valence-corrected chi connectivity index (χ2v) is 8.88. The third-order valence-electron chi connectivity index (χ3n) is 4.46. The maximum atomic E-state index is 12.1. The number of fused-ring (bicyclic) bond motifs is 1. The van der Waals surface area contributed by atoms with Gasteiger partial charge in [0.05, 0.1) is 35.7 Å². The summed E-state index contributed by atoms with van der Waals surface area (Å²) in [7, 11) is 1.72. The Kier molecular flexibility index (Phi) is 5.29.